The van der Waals surface area contributed by atoms with Crippen molar-refractivity contribution < 1.29 is 14.6 Å². The minimum atomic E-state index is -0.138. The summed E-state index contributed by atoms with van der Waals surface area (Å²) in [6.07, 6.45) is 0. The molecule has 27 heavy (non-hydrogen) atoms. The molecule has 0 aliphatic rings. The van der Waals surface area contributed by atoms with E-state index in [1.54, 1.807) is 14.2 Å². The van der Waals surface area contributed by atoms with Gasteiger partial charge in [-0.05, 0) is 36.4 Å². The van der Waals surface area contributed by atoms with Crippen molar-refractivity contribution in [2.75, 3.05) is 19.5 Å². The molecule has 5 heteroatoms. The summed E-state index contributed by atoms with van der Waals surface area (Å²) in [5, 5.41) is 15.2. The van der Waals surface area contributed by atoms with Crippen LogP contribution in [-0.4, -0.2) is 24.3 Å². The maximum atomic E-state index is 9.84. The fourth-order valence-electron chi connectivity index (χ4n) is 3.25. The van der Waals surface area contributed by atoms with Crippen molar-refractivity contribution in [2.24, 2.45) is 0 Å². The van der Waals surface area contributed by atoms with E-state index in [0.717, 1.165) is 38.9 Å². The molecule has 5 nitrogen and oxygen atoms in total. The molecule has 1 heterocycles. The Morgan fingerprint density at radius 3 is 2.44 bits per heavy atom. The second-order valence-electron chi connectivity index (χ2n) is 6.21. The Balaban J connectivity index is 2.00. The van der Waals surface area contributed by atoms with Gasteiger partial charge in [-0.2, -0.15) is 0 Å². The molecule has 4 aromatic rings. The van der Waals surface area contributed by atoms with Gasteiger partial charge in [-0.3, -0.25) is 0 Å². The van der Waals surface area contributed by atoms with E-state index in [9.17, 15) is 5.11 Å². The Morgan fingerprint density at radius 1 is 0.926 bits per heavy atom. The molecular formula is C22H20N2O3. The van der Waals surface area contributed by atoms with E-state index in [4.69, 9.17) is 14.5 Å². The number of hydrogen-bond donors (Lipinski definition) is 2. The Bertz CT molecular complexity index is 1110. The van der Waals surface area contributed by atoms with Crippen LogP contribution in [-0.2, 0) is 6.61 Å². The van der Waals surface area contributed by atoms with Crippen LogP contribution in [0.2, 0.25) is 0 Å². The third-order valence-corrected chi connectivity index (χ3v) is 4.57. The van der Waals surface area contributed by atoms with Crippen molar-refractivity contribution in [1.82, 2.24) is 4.98 Å². The van der Waals surface area contributed by atoms with Gasteiger partial charge in [0.25, 0.3) is 0 Å². The molecule has 0 spiro atoms. The smallest absolute Gasteiger partial charge is 0.148 e. The molecule has 0 saturated heterocycles. The number of fused-ring (bicyclic) bond motifs is 2. The minimum absolute atomic E-state index is 0.138. The minimum Gasteiger partial charge on any atom is -0.497 e. The Kier molecular flexibility index (Phi) is 4.52. The number of aliphatic hydroxyl groups excluding tert-OH is 1. The number of benzene rings is 3. The van der Waals surface area contributed by atoms with Crippen LogP contribution in [0.4, 0.5) is 11.4 Å². The van der Waals surface area contributed by atoms with E-state index in [1.165, 1.54) is 0 Å². The molecule has 4 rings (SSSR count). The highest BCUT2D eigenvalue weighted by Crippen LogP contribution is 2.39. The molecule has 0 saturated carbocycles. The maximum Gasteiger partial charge on any atom is 0.148 e. The molecular weight excluding hydrogens is 340 g/mol. The Hall–Kier alpha value is -3.31. The summed E-state index contributed by atoms with van der Waals surface area (Å²) in [5.74, 6) is 1.37. The van der Waals surface area contributed by atoms with Crippen LogP contribution in [0.3, 0.4) is 0 Å². The first-order chi connectivity index (χ1) is 13.2. The number of nitrogens with one attached hydrogen (secondary N) is 1. The van der Waals surface area contributed by atoms with Crippen LogP contribution in [0, 0.1) is 0 Å². The normalized spacial score (nSPS) is 10.9. The first kappa shape index (κ1) is 17.1. The molecule has 0 amide bonds. The van der Waals surface area contributed by atoms with E-state index in [-0.39, 0.29) is 6.61 Å². The highest BCUT2D eigenvalue weighted by Gasteiger charge is 2.16. The van der Waals surface area contributed by atoms with Gasteiger partial charge in [-0.1, -0.05) is 18.2 Å². The SMILES string of the molecule is COc1ccc2cc3c(Nc4ccccc4)c(OC)c(CO)cc3nc2c1. The van der Waals surface area contributed by atoms with Crippen molar-refractivity contribution in [3.63, 3.8) is 0 Å². The van der Waals surface area contributed by atoms with Crippen LogP contribution in [0.1, 0.15) is 5.56 Å². The molecule has 2 N–H and O–H groups in total. The van der Waals surface area contributed by atoms with Crippen LogP contribution >= 0.6 is 0 Å². The fourth-order valence-corrected chi connectivity index (χ4v) is 3.25. The molecule has 1 aromatic heterocycles. The molecule has 0 bridgehead atoms. The van der Waals surface area contributed by atoms with Gasteiger partial charge in [-0.25, -0.2) is 4.98 Å². The molecule has 0 aliphatic heterocycles. The number of nitrogens with zero attached hydrogens (tertiary/aromatic N) is 1. The van der Waals surface area contributed by atoms with Gasteiger partial charge in [0.2, 0.25) is 0 Å². The molecule has 0 fully saturated rings. The van der Waals surface area contributed by atoms with E-state index in [1.807, 2.05) is 54.6 Å². The number of anilines is 2. The maximum absolute atomic E-state index is 9.84. The predicted octanol–water partition coefficient (Wildman–Crippen LogP) is 4.64. The van der Waals surface area contributed by atoms with Crippen LogP contribution < -0.4 is 14.8 Å². The highest BCUT2D eigenvalue weighted by molar-refractivity contribution is 6.03. The second-order valence-corrected chi connectivity index (χ2v) is 6.21. The van der Waals surface area contributed by atoms with Crippen LogP contribution in [0.25, 0.3) is 21.8 Å². The van der Waals surface area contributed by atoms with Crippen LogP contribution in [0.15, 0.2) is 60.7 Å². The first-order valence-electron chi connectivity index (χ1n) is 8.65. The summed E-state index contributed by atoms with van der Waals surface area (Å²) in [7, 11) is 3.24. The fraction of sp³-hybridized carbons (Fsp3) is 0.136. The average molecular weight is 360 g/mol. The van der Waals surface area contributed by atoms with Crippen molar-refractivity contribution in [3.8, 4) is 11.5 Å². The highest BCUT2D eigenvalue weighted by atomic mass is 16.5. The zero-order chi connectivity index (χ0) is 18.8. The largest absolute Gasteiger partial charge is 0.497 e. The van der Waals surface area contributed by atoms with Gasteiger partial charge in [0.15, 0.2) is 0 Å². The van der Waals surface area contributed by atoms with Crippen molar-refractivity contribution in [1.29, 1.82) is 0 Å². The zero-order valence-electron chi connectivity index (χ0n) is 15.2. The number of aliphatic hydroxyl groups is 1. The van der Waals surface area contributed by atoms with E-state index in [2.05, 4.69) is 11.4 Å². The summed E-state index contributed by atoms with van der Waals surface area (Å²) in [6.45, 7) is -0.138. The average Bonchev–Trinajstić information content (AvgIpc) is 2.72. The number of aromatic nitrogens is 1. The van der Waals surface area contributed by atoms with E-state index < -0.39 is 0 Å². The Morgan fingerprint density at radius 2 is 1.74 bits per heavy atom. The van der Waals surface area contributed by atoms with E-state index >= 15 is 0 Å². The summed E-state index contributed by atoms with van der Waals surface area (Å²) in [5.41, 5.74) is 4.01. The zero-order valence-corrected chi connectivity index (χ0v) is 15.2. The molecule has 136 valence electrons. The van der Waals surface area contributed by atoms with Gasteiger partial charge in [-0.15, -0.1) is 0 Å². The lowest BCUT2D eigenvalue weighted by atomic mass is 10.0. The number of methoxy groups -OCH3 is 2. The topological polar surface area (TPSA) is 63.6 Å². The third kappa shape index (κ3) is 3.13. The molecule has 0 radical (unpaired) electrons. The molecule has 0 aliphatic carbocycles. The third-order valence-electron chi connectivity index (χ3n) is 4.57. The van der Waals surface area contributed by atoms with Gasteiger partial charge >= 0.3 is 0 Å². The number of ether oxygens (including phenoxy) is 2. The summed E-state index contributed by atoms with van der Waals surface area (Å²) >= 11 is 0. The van der Waals surface area contributed by atoms with E-state index in [0.29, 0.717) is 11.3 Å². The summed E-state index contributed by atoms with van der Waals surface area (Å²) in [6, 6.07) is 19.6. The van der Waals surface area contributed by atoms with Crippen molar-refractivity contribution in [2.45, 2.75) is 6.61 Å². The lowest BCUT2D eigenvalue weighted by molar-refractivity contribution is 0.274. The quantitative estimate of drug-likeness (QED) is 0.508. The number of hydrogen-bond acceptors (Lipinski definition) is 5. The Labute approximate surface area is 157 Å². The molecule has 0 atom stereocenters. The lowest BCUT2D eigenvalue weighted by Gasteiger charge is -2.17. The van der Waals surface area contributed by atoms with Crippen molar-refractivity contribution >= 4 is 33.2 Å². The van der Waals surface area contributed by atoms with Crippen LogP contribution in [0.5, 0.6) is 11.5 Å². The number of rotatable bonds is 5. The second kappa shape index (κ2) is 7.13. The number of pyridine rings is 1. The monoisotopic (exact) mass is 360 g/mol. The predicted molar refractivity (Wildman–Crippen MR) is 108 cm³/mol. The summed E-state index contributed by atoms with van der Waals surface area (Å²) in [4.78, 5) is 4.79. The van der Waals surface area contributed by atoms with Gasteiger partial charge in [0.1, 0.15) is 11.5 Å². The van der Waals surface area contributed by atoms with Crippen molar-refractivity contribution in [3.05, 3.63) is 66.2 Å². The standard InChI is InChI=1S/C22H20N2O3/c1-26-17-9-8-14-10-18-20(24-19(14)12-17)11-15(13-25)22(27-2)21(18)23-16-6-4-3-5-7-16/h3-12,23,25H,13H2,1-2H3. The van der Waals surface area contributed by atoms with Gasteiger partial charge < -0.3 is 19.9 Å². The first-order valence-corrected chi connectivity index (χ1v) is 8.65. The lowest BCUT2D eigenvalue weighted by Crippen LogP contribution is -2.01. The van der Waals surface area contributed by atoms with Gasteiger partial charge in [0, 0.05) is 28.1 Å². The molecule has 0 unspecified atom stereocenters. The molecule has 3 aromatic carbocycles. The summed E-state index contributed by atoms with van der Waals surface area (Å²) < 4.78 is 10.9. The number of para-hydroxylation sites is 1. The van der Waals surface area contributed by atoms with Gasteiger partial charge in [0.05, 0.1) is 37.5 Å².